The van der Waals surface area contributed by atoms with Crippen molar-refractivity contribution >= 4 is 34.5 Å². The number of fused-ring (bicyclic) bond motifs is 2. The summed E-state index contributed by atoms with van der Waals surface area (Å²) in [6.45, 7) is 5.90. The molecule has 2 aliphatic heterocycles. The van der Waals surface area contributed by atoms with Gasteiger partial charge in [-0.25, -0.2) is 4.98 Å². The second kappa shape index (κ2) is 6.02. The second-order valence-electron chi connectivity index (χ2n) is 6.61. The van der Waals surface area contributed by atoms with E-state index in [1.54, 1.807) is 18.4 Å². The number of halogens is 1. The van der Waals surface area contributed by atoms with Crippen molar-refractivity contribution in [3.63, 3.8) is 0 Å². The van der Waals surface area contributed by atoms with Crippen LogP contribution < -0.4 is 11.1 Å². The average molecular weight is 383 g/mol. The lowest BCUT2D eigenvalue weighted by Crippen LogP contribution is -2.42. The number of anilines is 1. The summed E-state index contributed by atoms with van der Waals surface area (Å²) in [7, 11) is 0. The number of nitrogens with one attached hydrogen (secondary N) is 1. The first-order chi connectivity index (χ1) is 12.3. The third-order valence-corrected chi connectivity index (χ3v) is 4.50. The summed E-state index contributed by atoms with van der Waals surface area (Å²) < 4.78 is 19.5. The van der Waals surface area contributed by atoms with Crippen molar-refractivity contribution in [2.24, 2.45) is 0 Å². The van der Waals surface area contributed by atoms with Gasteiger partial charge >= 0.3 is 0 Å². The predicted molar refractivity (Wildman–Crippen MR) is 91.2 cm³/mol. The number of imidazole rings is 1. The Hall–Kier alpha value is -2.01. The first-order valence-electron chi connectivity index (χ1n) is 8.25. The number of hydrogen-bond donors (Lipinski definition) is 2. The van der Waals surface area contributed by atoms with E-state index < -0.39 is 30.3 Å². The Morgan fingerprint density at radius 1 is 1.38 bits per heavy atom. The van der Waals surface area contributed by atoms with E-state index in [2.05, 4.69) is 20.3 Å². The molecule has 0 saturated carbocycles. The minimum atomic E-state index is -0.843. The number of nitrogens with two attached hydrogens (primary N) is 1. The molecule has 2 aliphatic rings. The average Bonchev–Trinajstić information content (AvgIpc) is 3.18. The molecular formula is C15H19ClN6O4. The summed E-state index contributed by atoms with van der Waals surface area (Å²) in [6, 6.07) is 0. The van der Waals surface area contributed by atoms with Crippen molar-refractivity contribution < 1.29 is 19.0 Å². The fourth-order valence-electron chi connectivity index (χ4n) is 3.38. The molecule has 4 atom stereocenters. The highest BCUT2D eigenvalue weighted by atomic mass is 35.5. The van der Waals surface area contributed by atoms with E-state index >= 15 is 0 Å². The Balaban J connectivity index is 1.76. The summed E-state index contributed by atoms with van der Waals surface area (Å²) in [5, 5.41) is 2.75. The Bertz CT molecular complexity index is 871. The number of nitrogens with zero attached hydrogens (tertiary/aromatic N) is 4. The van der Waals surface area contributed by atoms with Crippen molar-refractivity contribution in [2.45, 2.75) is 51.1 Å². The van der Waals surface area contributed by atoms with Gasteiger partial charge in [-0.3, -0.25) is 9.36 Å². The molecule has 0 aromatic carbocycles. The number of aromatic nitrogens is 4. The lowest BCUT2D eigenvalue weighted by atomic mass is 10.1. The Morgan fingerprint density at radius 3 is 2.85 bits per heavy atom. The minimum Gasteiger partial charge on any atom is -0.382 e. The Labute approximate surface area is 154 Å². The highest BCUT2D eigenvalue weighted by Crippen LogP contribution is 2.43. The molecule has 11 heteroatoms. The van der Waals surface area contributed by atoms with Gasteiger partial charge in [0.25, 0.3) is 5.91 Å². The van der Waals surface area contributed by atoms with E-state index in [4.69, 9.17) is 31.5 Å². The standard InChI is InChI=1S/C15H19ClN6O4/c1-4-18-12(23)8-7-9(26-15(2,3)25-7)13(24-8)22-5-19-6-10(17)20-14(16)21-11(6)22/h5,7-9,13H,4H2,1-3H3,(H,18,23)(H2,17,20,21)/t7-,8+,9+,13+/m0/s1. The van der Waals surface area contributed by atoms with E-state index in [-0.39, 0.29) is 17.0 Å². The van der Waals surface area contributed by atoms with Gasteiger partial charge in [0.05, 0.1) is 6.33 Å². The molecule has 2 saturated heterocycles. The quantitative estimate of drug-likeness (QED) is 0.739. The summed E-state index contributed by atoms with van der Waals surface area (Å²) in [5.74, 6) is -0.940. The van der Waals surface area contributed by atoms with Crippen LogP contribution in [-0.2, 0) is 19.0 Å². The third kappa shape index (κ3) is 2.69. The van der Waals surface area contributed by atoms with Gasteiger partial charge in [-0.15, -0.1) is 0 Å². The van der Waals surface area contributed by atoms with Crippen LogP contribution in [0.15, 0.2) is 6.33 Å². The van der Waals surface area contributed by atoms with Gasteiger partial charge in [-0.05, 0) is 32.4 Å². The Morgan fingerprint density at radius 2 is 2.12 bits per heavy atom. The van der Waals surface area contributed by atoms with Gasteiger partial charge < -0.3 is 25.3 Å². The number of amides is 1. The molecular weight excluding hydrogens is 364 g/mol. The van der Waals surface area contributed by atoms with Crippen molar-refractivity contribution in [1.82, 2.24) is 24.8 Å². The lowest BCUT2D eigenvalue weighted by Gasteiger charge is -2.24. The van der Waals surface area contributed by atoms with Crippen molar-refractivity contribution in [3.05, 3.63) is 11.6 Å². The number of carbonyl (C=O) groups is 1. The molecule has 0 bridgehead atoms. The molecule has 3 N–H and O–H groups in total. The molecule has 10 nitrogen and oxygen atoms in total. The zero-order valence-electron chi connectivity index (χ0n) is 14.5. The van der Waals surface area contributed by atoms with Gasteiger partial charge in [0, 0.05) is 6.54 Å². The molecule has 0 spiro atoms. The molecule has 2 aromatic heterocycles. The maximum atomic E-state index is 12.4. The van der Waals surface area contributed by atoms with Crippen molar-refractivity contribution in [2.75, 3.05) is 12.3 Å². The highest BCUT2D eigenvalue weighted by molar-refractivity contribution is 6.28. The summed E-state index contributed by atoms with van der Waals surface area (Å²) in [6.07, 6.45) is -1.06. The normalized spacial score (nSPS) is 29.8. The van der Waals surface area contributed by atoms with Crippen LogP contribution in [0.1, 0.15) is 27.0 Å². The summed E-state index contributed by atoms with van der Waals surface area (Å²) in [5.41, 5.74) is 6.66. The minimum absolute atomic E-state index is 0.00417. The monoisotopic (exact) mass is 382 g/mol. The number of rotatable bonds is 3. The maximum absolute atomic E-state index is 12.4. The molecule has 2 aromatic rings. The Kier molecular flexibility index (Phi) is 4.03. The largest absolute Gasteiger partial charge is 0.382 e. The zero-order chi connectivity index (χ0) is 18.6. The van der Waals surface area contributed by atoms with E-state index in [1.807, 2.05) is 6.92 Å². The molecule has 140 valence electrons. The number of likely N-dealkylation sites (N-methyl/N-ethyl adjacent to an activating group) is 1. The molecule has 26 heavy (non-hydrogen) atoms. The van der Waals surface area contributed by atoms with Crippen LogP contribution in [0.3, 0.4) is 0 Å². The van der Waals surface area contributed by atoms with Gasteiger partial charge in [0.1, 0.15) is 17.7 Å². The zero-order valence-corrected chi connectivity index (χ0v) is 15.2. The summed E-state index contributed by atoms with van der Waals surface area (Å²) in [4.78, 5) is 24.8. The smallest absolute Gasteiger partial charge is 0.252 e. The van der Waals surface area contributed by atoms with Crippen LogP contribution in [0.5, 0.6) is 0 Å². The molecule has 4 heterocycles. The van der Waals surface area contributed by atoms with Gasteiger partial charge in [0.2, 0.25) is 5.28 Å². The van der Waals surface area contributed by atoms with Crippen LogP contribution in [-0.4, -0.2) is 56.1 Å². The molecule has 0 radical (unpaired) electrons. The van der Waals surface area contributed by atoms with Gasteiger partial charge in [-0.1, -0.05) is 0 Å². The summed E-state index contributed by atoms with van der Waals surface area (Å²) >= 11 is 5.93. The van der Waals surface area contributed by atoms with Gasteiger partial charge in [-0.2, -0.15) is 9.97 Å². The van der Waals surface area contributed by atoms with E-state index in [0.29, 0.717) is 17.7 Å². The van der Waals surface area contributed by atoms with E-state index in [9.17, 15) is 4.79 Å². The lowest BCUT2D eigenvalue weighted by molar-refractivity contribution is -0.197. The fourth-order valence-corrected chi connectivity index (χ4v) is 3.55. The van der Waals surface area contributed by atoms with Crippen LogP contribution in [0.2, 0.25) is 5.28 Å². The predicted octanol–water partition coefficient (Wildman–Crippen LogP) is 0.615. The topological polar surface area (TPSA) is 126 Å². The number of hydrogen-bond acceptors (Lipinski definition) is 8. The molecule has 0 unspecified atom stereocenters. The van der Waals surface area contributed by atoms with Gasteiger partial charge in [0.15, 0.2) is 29.6 Å². The van der Waals surface area contributed by atoms with Crippen molar-refractivity contribution in [1.29, 1.82) is 0 Å². The highest BCUT2D eigenvalue weighted by Gasteiger charge is 2.58. The first-order valence-corrected chi connectivity index (χ1v) is 8.63. The first kappa shape index (κ1) is 17.4. The molecule has 0 aliphatic carbocycles. The number of ether oxygens (including phenoxy) is 3. The SMILES string of the molecule is CCNC(=O)[C@@H]1O[C@@H](n2cnc3c(N)nc(Cl)nc32)[C@@H]2OC(C)(C)O[C@H]21. The van der Waals surface area contributed by atoms with Crippen LogP contribution >= 0.6 is 11.6 Å². The molecule has 4 rings (SSSR count). The molecule has 1 amide bonds. The third-order valence-electron chi connectivity index (χ3n) is 4.33. The van der Waals surface area contributed by atoms with E-state index in [1.165, 1.54) is 6.33 Å². The van der Waals surface area contributed by atoms with E-state index in [0.717, 1.165) is 0 Å². The van der Waals surface area contributed by atoms with Crippen molar-refractivity contribution in [3.8, 4) is 0 Å². The number of nitrogen functional groups attached to an aromatic ring is 1. The molecule has 2 fully saturated rings. The maximum Gasteiger partial charge on any atom is 0.252 e. The van der Waals surface area contributed by atoms with Crippen LogP contribution in [0, 0.1) is 0 Å². The fraction of sp³-hybridized carbons (Fsp3) is 0.600. The van der Waals surface area contributed by atoms with Crippen LogP contribution in [0.25, 0.3) is 11.2 Å². The second-order valence-corrected chi connectivity index (χ2v) is 6.95. The number of carbonyl (C=O) groups excluding carboxylic acids is 1. The van der Waals surface area contributed by atoms with Crippen LogP contribution in [0.4, 0.5) is 5.82 Å².